The van der Waals surface area contributed by atoms with Crippen LogP contribution < -0.4 is 0 Å². The molecule has 0 saturated carbocycles. The van der Waals surface area contributed by atoms with Crippen molar-refractivity contribution in [2.45, 2.75) is 12.8 Å². The fourth-order valence-electron chi connectivity index (χ4n) is 7.88. The number of hydrogen-bond donors (Lipinski definition) is 0. The fraction of sp³-hybridized carbons (Fsp3) is 0.0435. The molecule has 0 amide bonds. The number of fused-ring (bicyclic) bond motifs is 7. The lowest BCUT2D eigenvalue weighted by atomic mass is 10.0. The van der Waals surface area contributed by atoms with Crippen LogP contribution in [0.2, 0.25) is 0 Å². The molecule has 0 radical (unpaired) electrons. The van der Waals surface area contributed by atoms with Crippen molar-refractivity contribution in [2.24, 2.45) is 0 Å². The van der Waals surface area contributed by atoms with E-state index >= 15 is 0 Å². The summed E-state index contributed by atoms with van der Waals surface area (Å²) in [5.41, 5.74) is 13.7. The first kappa shape index (κ1) is 27.0. The lowest BCUT2D eigenvalue weighted by Gasteiger charge is -2.14. The van der Waals surface area contributed by atoms with Gasteiger partial charge in [0.2, 0.25) is 0 Å². The summed E-state index contributed by atoms with van der Waals surface area (Å²) >= 11 is 0. The van der Waals surface area contributed by atoms with E-state index in [9.17, 15) is 0 Å². The molecule has 226 valence electrons. The lowest BCUT2D eigenvalue weighted by molar-refractivity contribution is 0.889. The van der Waals surface area contributed by atoms with Crippen LogP contribution in [0.5, 0.6) is 0 Å². The highest BCUT2D eigenvalue weighted by molar-refractivity contribution is 6.15. The van der Waals surface area contributed by atoms with Crippen LogP contribution >= 0.6 is 0 Å². The molecule has 2 aromatic heterocycles. The second kappa shape index (κ2) is 10.7. The van der Waals surface area contributed by atoms with E-state index < -0.39 is 0 Å². The molecule has 1 aliphatic rings. The third-order valence-corrected chi connectivity index (χ3v) is 10.2. The first-order chi connectivity index (χ1) is 23.8. The van der Waals surface area contributed by atoms with Crippen LogP contribution in [0.1, 0.15) is 17.7 Å². The molecule has 0 spiro atoms. The Balaban J connectivity index is 1.19. The van der Waals surface area contributed by atoms with E-state index in [0.717, 1.165) is 12.8 Å². The number of hydrogen-bond acceptors (Lipinski definition) is 0. The van der Waals surface area contributed by atoms with Gasteiger partial charge < -0.3 is 9.13 Å². The third kappa shape index (κ3) is 4.19. The minimum absolute atomic E-state index is 1.02. The van der Waals surface area contributed by atoms with Gasteiger partial charge in [0.05, 0.1) is 16.6 Å². The zero-order valence-electron chi connectivity index (χ0n) is 26.5. The van der Waals surface area contributed by atoms with Gasteiger partial charge in [-0.1, -0.05) is 121 Å². The Labute approximate surface area is 279 Å². The van der Waals surface area contributed by atoms with E-state index in [2.05, 4.69) is 179 Å². The molecule has 0 bridgehead atoms. The van der Waals surface area contributed by atoms with Crippen molar-refractivity contribution < 1.29 is 0 Å². The van der Waals surface area contributed by atoms with Crippen LogP contribution in [-0.2, 0) is 6.42 Å². The summed E-state index contributed by atoms with van der Waals surface area (Å²) in [7, 11) is 0. The Morgan fingerprint density at radius 2 is 1.10 bits per heavy atom. The molecule has 7 aromatic carbocycles. The van der Waals surface area contributed by atoms with E-state index in [1.807, 2.05) is 0 Å². The fourth-order valence-corrected chi connectivity index (χ4v) is 7.88. The predicted molar refractivity (Wildman–Crippen MR) is 203 cm³/mol. The van der Waals surface area contributed by atoms with Gasteiger partial charge in [-0.15, -0.1) is 0 Å². The second-order valence-corrected chi connectivity index (χ2v) is 12.9. The van der Waals surface area contributed by atoms with Crippen LogP contribution in [0.3, 0.4) is 0 Å². The summed E-state index contributed by atoms with van der Waals surface area (Å²) in [5.74, 6) is 0. The number of aromatic nitrogens is 2. The van der Waals surface area contributed by atoms with E-state index in [4.69, 9.17) is 0 Å². The van der Waals surface area contributed by atoms with Crippen LogP contribution in [0, 0.1) is 0 Å². The first-order valence-corrected chi connectivity index (χ1v) is 16.8. The highest BCUT2D eigenvalue weighted by atomic mass is 15.0. The third-order valence-electron chi connectivity index (χ3n) is 10.2. The summed E-state index contributed by atoms with van der Waals surface area (Å²) < 4.78 is 4.96. The van der Waals surface area contributed by atoms with Gasteiger partial charge in [0.15, 0.2) is 0 Å². The highest BCUT2D eigenvalue weighted by Crippen LogP contribution is 2.41. The highest BCUT2D eigenvalue weighted by Gasteiger charge is 2.22. The van der Waals surface area contributed by atoms with E-state index in [1.54, 1.807) is 0 Å². The van der Waals surface area contributed by atoms with Crippen LogP contribution in [0.25, 0.3) is 83.2 Å². The lowest BCUT2D eigenvalue weighted by Crippen LogP contribution is -2.03. The average Bonchev–Trinajstić information content (AvgIpc) is 3.66. The van der Waals surface area contributed by atoms with Crippen molar-refractivity contribution in [1.82, 2.24) is 9.13 Å². The molecule has 0 N–H and O–H groups in total. The number of allylic oxidation sites excluding steroid dienone is 1. The maximum Gasteiger partial charge on any atom is 0.0562 e. The van der Waals surface area contributed by atoms with Crippen LogP contribution in [0.4, 0.5) is 0 Å². The average molecular weight is 613 g/mol. The Bertz CT molecular complexity index is 2700. The molecule has 0 saturated heterocycles. The predicted octanol–water partition coefficient (Wildman–Crippen LogP) is 12.2. The zero-order chi connectivity index (χ0) is 31.6. The van der Waals surface area contributed by atoms with Crippen molar-refractivity contribution in [1.29, 1.82) is 0 Å². The molecule has 2 heteroatoms. The summed E-state index contributed by atoms with van der Waals surface area (Å²) in [4.78, 5) is 0. The standard InChI is InChI=1S/C46H32N2/c1-2-11-31(12-3-1)35-15-10-16-38(28-35)48-44-20-9-7-18-40(44)42-29-41-39-17-6-8-19-43(39)47(45(41)30-46(42)48)37-25-23-33(24-26-37)36-22-21-32-13-4-5-14-34(32)27-36/h1-7,9-18,20-30H,8,19H2. The molecule has 0 fully saturated rings. The van der Waals surface area contributed by atoms with E-state index in [1.165, 1.54) is 88.4 Å². The van der Waals surface area contributed by atoms with Crippen molar-refractivity contribution in [3.63, 3.8) is 0 Å². The SMILES string of the molecule is C1=Cc2c(n(-c3ccc(-c4ccc5ccccc5c4)cc3)c3cc4c(cc23)c2ccccc2n4-c2cccc(-c3ccccc3)c2)CC1. The summed E-state index contributed by atoms with van der Waals surface area (Å²) in [5, 5.41) is 6.42. The van der Waals surface area contributed by atoms with Crippen LogP contribution in [-0.4, -0.2) is 9.13 Å². The molecule has 10 rings (SSSR count). The molecule has 2 nitrogen and oxygen atoms in total. The quantitative estimate of drug-likeness (QED) is 0.187. The maximum absolute atomic E-state index is 2.51. The van der Waals surface area contributed by atoms with Gasteiger partial charge in [-0.3, -0.25) is 0 Å². The monoisotopic (exact) mass is 612 g/mol. The Hall–Kier alpha value is -6.12. The molecule has 0 aliphatic heterocycles. The summed E-state index contributed by atoms with van der Waals surface area (Å²) in [6.07, 6.45) is 6.75. The molecular weight excluding hydrogens is 581 g/mol. The van der Waals surface area contributed by atoms with Gasteiger partial charge >= 0.3 is 0 Å². The van der Waals surface area contributed by atoms with Crippen molar-refractivity contribution in [3.05, 3.63) is 175 Å². The maximum atomic E-state index is 2.51. The van der Waals surface area contributed by atoms with Crippen LogP contribution in [0.15, 0.2) is 164 Å². The smallest absolute Gasteiger partial charge is 0.0562 e. The largest absolute Gasteiger partial charge is 0.313 e. The number of benzene rings is 7. The molecule has 9 aromatic rings. The van der Waals surface area contributed by atoms with Gasteiger partial charge in [0, 0.05) is 38.8 Å². The molecule has 1 aliphatic carbocycles. The van der Waals surface area contributed by atoms with Crippen molar-refractivity contribution in [2.75, 3.05) is 0 Å². The number of nitrogens with zero attached hydrogens (tertiary/aromatic N) is 2. The molecule has 0 unspecified atom stereocenters. The zero-order valence-corrected chi connectivity index (χ0v) is 26.5. The Morgan fingerprint density at radius 3 is 2.00 bits per heavy atom. The molecule has 48 heavy (non-hydrogen) atoms. The normalized spacial score (nSPS) is 12.8. The molecule has 2 heterocycles. The second-order valence-electron chi connectivity index (χ2n) is 12.9. The topological polar surface area (TPSA) is 9.86 Å². The Kier molecular flexibility index (Phi) is 6.04. The number of para-hydroxylation sites is 1. The minimum atomic E-state index is 1.02. The van der Waals surface area contributed by atoms with E-state index in [-0.39, 0.29) is 0 Å². The minimum Gasteiger partial charge on any atom is -0.313 e. The van der Waals surface area contributed by atoms with Gasteiger partial charge in [0.25, 0.3) is 0 Å². The summed E-state index contributed by atoms with van der Waals surface area (Å²) in [6, 6.07) is 57.8. The van der Waals surface area contributed by atoms with Gasteiger partial charge in [0.1, 0.15) is 0 Å². The van der Waals surface area contributed by atoms with E-state index in [0.29, 0.717) is 0 Å². The first-order valence-electron chi connectivity index (χ1n) is 16.8. The van der Waals surface area contributed by atoms with Gasteiger partial charge in [-0.2, -0.15) is 0 Å². The van der Waals surface area contributed by atoms with Gasteiger partial charge in [-0.05, 0) is 94.4 Å². The van der Waals surface area contributed by atoms with Crippen molar-refractivity contribution in [3.8, 4) is 33.6 Å². The van der Waals surface area contributed by atoms with Gasteiger partial charge in [-0.25, -0.2) is 0 Å². The molecule has 0 atom stereocenters. The van der Waals surface area contributed by atoms with Crippen molar-refractivity contribution >= 4 is 49.6 Å². The molecular formula is C46H32N2. The number of rotatable bonds is 4. The Morgan fingerprint density at radius 1 is 0.396 bits per heavy atom. The summed E-state index contributed by atoms with van der Waals surface area (Å²) in [6.45, 7) is 0.